The Morgan fingerprint density at radius 1 is 0.944 bits per heavy atom. The lowest BCUT2D eigenvalue weighted by Gasteiger charge is -2.32. The normalized spacial score (nSPS) is 17.8. The van der Waals surface area contributed by atoms with E-state index in [-0.39, 0.29) is 17.8 Å². The molecule has 10 heteroatoms. The van der Waals surface area contributed by atoms with Crippen LogP contribution in [0.15, 0.2) is 42.5 Å². The van der Waals surface area contributed by atoms with Crippen LogP contribution >= 0.6 is 0 Å². The van der Waals surface area contributed by atoms with Crippen molar-refractivity contribution in [3.05, 3.63) is 53.6 Å². The van der Waals surface area contributed by atoms with Crippen LogP contribution in [0.3, 0.4) is 0 Å². The summed E-state index contributed by atoms with van der Waals surface area (Å²) in [6.45, 7) is 4.40. The van der Waals surface area contributed by atoms with Crippen molar-refractivity contribution in [2.45, 2.75) is 32.0 Å². The second kappa shape index (κ2) is 11.5. The first-order valence-corrected chi connectivity index (χ1v) is 12.4. The van der Waals surface area contributed by atoms with Crippen LogP contribution in [0.2, 0.25) is 0 Å². The Balaban J connectivity index is 1.41. The number of likely N-dealkylation sites (N-methyl/N-ethyl adjacent to an activating group) is 1. The molecule has 2 aliphatic rings. The maximum absolute atomic E-state index is 13.9. The summed E-state index contributed by atoms with van der Waals surface area (Å²) < 4.78 is 41.6. The van der Waals surface area contributed by atoms with Gasteiger partial charge in [0.1, 0.15) is 0 Å². The van der Waals surface area contributed by atoms with Gasteiger partial charge in [0, 0.05) is 56.3 Å². The summed E-state index contributed by atoms with van der Waals surface area (Å²) in [5.41, 5.74) is 1.02. The molecule has 0 aromatic heterocycles. The molecule has 0 spiro atoms. The van der Waals surface area contributed by atoms with Crippen molar-refractivity contribution >= 4 is 23.0 Å². The van der Waals surface area contributed by atoms with Gasteiger partial charge in [0.2, 0.25) is 0 Å². The quantitative estimate of drug-likeness (QED) is 0.430. The van der Waals surface area contributed by atoms with Gasteiger partial charge in [-0.25, -0.2) is 5.06 Å². The van der Waals surface area contributed by atoms with Gasteiger partial charge in [-0.05, 0) is 68.3 Å². The molecule has 2 heterocycles. The van der Waals surface area contributed by atoms with Crippen LogP contribution in [-0.2, 0) is 17.5 Å². The van der Waals surface area contributed by atoms with Crippen LogP contribution < -0.4 is 10.2 Å². The lowest BCUT2D eigenvalue weighted by molar-refractivity contribution is -0.170. The average Bonchev–Trinajstić information content (AvgIpc) is 2.86. The van der Waals surface area contributed by atoms with Crippen LogP contribution in [-0.4, -0.2) is 78.8 Å². The van der Waals surface area contributed by atoms with Crippen molar-refractivity contribution in [3.63, 3.8) is 0 Å². The lowest BCUT2D eigenvalue weighted by atomic mass is 10.1. The molecule has 7 nitrogen and oxygen atoms in total. The van der Waals surface area contributed by atoms with Gasteiger partial charge in [-0.1, -0.05) is 6.07 Å². The number of benzene rings is 2. The van der Waals surface area contributed by atoms with Gasteiger partial charge in [0.05, 0.1) is 18.7 Å². The number of hydroxylamine groups is 2. The number of nitrogens with one attached hydrogen (secondary N) is 1. The van der Waals surface area contributed by atoms with Crippen LogP contribution in [0.1, 0.15) is 30.4 Å². The van der Waals surface area contributed by atoms with Gasteiger partial charge in [-0.15, -0.1) is 0 Å². The summed E-state index contributed by atoms with van der Waals surface area (Å²) >= 11 is 0. The second-order valence-electron chi connectivity index (χ2n) is 9.62. The number of amides is 1. The summed E-state index contributed by atoms with van der Waals surface area (Å²) in [7, 11) is 1.99. The van der Waals surface area contributed by atoms with E-state index >= 15 is 0 Å². The molecule has 2 fully saturated rings. The smallest absolute Gasteiger partial charge is 0.372 e. The molecule has 4 rings (SSSR count). The maximum atomic E-state index is 13.9. The van der Waals surface area contributed by atoms with E-state index in [1.54, 1.807) is 0 Å². The number of carbonyl (C=O) groups is 1. The third-order valence-corrected chi connectivity index (χ3v) is 6.86. The molecule has 2 N–H and O–H groups in total. The van der Waals surface area contributed by atoms with Crippen molar-refractivity contribution in [2.24, 2.45) is 0 Å². The van der Waals surface area contributed by atoms with Gasteiger partial charge in [0.15, 0.2) is 0 Å². The number of alkyl halides is 3. The summed E-state index contributed by atoms with van der Waals surface area (Å²) in [6.07, 6.45) is -1.06. The number of anilines is 3. The first-order valence-electron chi connectivity index (χ1n) is 12.4. The molecular weight excluding hydrogens is 471 g/mol. The molecule has 2 aromatic rings. The SMILES string of the molecule is CN1CCN(CC(=O)N(O)Cc2ccc(Nc3ccc(N4CCCCC4)cc3)cc2C(F)(F)F)CC1. The maximum Gasteiger partial charge on any atom is 0.416 e. The van der Waals surface area contributed by atoms with Crippen molar-refractivity contribution in [1.82, 2.24) is 14.9 Å². The van der Waals surface area contributed by atoms with E-state index in [2.05, 4.69) is 15.1 Å². The number of carbonyl (C=O) groups excluding carboxylic acids is 1. The average molecular weight is 506 g/mol. The first kappa shape index (κ1) is 26.2. The van der Waals surface area contributed by atoms with Crippen LogP contribution in [0.4, 0.5) is 30.2 Å². The molecule has 0 radical (unpaired) electrons. The minimum Gasteiger partial charge on any atom is -0.372 e. The van der Waals surface area contributed by atoms with Gasteiger partial charge < -0.3 is 15.1 Å². The third kappa shape index (κ3) is 6.89. The summed E-state index contributed by atoms with van der Waals surface area (Å²) in [6, 6.07) is 11.5. The number of rotatable bonds is 7. The molecule has 2 aromatic carbocycles. The minimum absolute atomic E-state index is 0.0290. The molecule has 0 unspecified atom stereocenters. The highest BCUT2D eigenvalue weighted by molar-refractivity contribution is 5.77. The van der Waals surface area contributed by atoms with E-state index < -0.39 is 24.2 Å². The fourth-order valence-corrected chi connectivity index (χ4v) is 4.66. The molecular formula is C26H34F3N5O2. The Bertz CT molecular complexity index is 1020. The van der Waals surface area contributed by atoms with E-state index in [9.17, 15) is 23.2 Å². The summed E-state index contributed by atoms with van der Waals surface area (Å²) in [4.78, 5) is 18.8. The van der Waals surface area contributed by atoms with E-state index in [4.69, 9.17) is 0 Å². The Morgan fingerprint density at radius 2 is 1.58 bits per heavy atom. The number of hydrogen-bond donors (Lipinski definition) is 2. The Labute approximate surface area is 210 Å². The van der Waals surface area contributed by atoms with Gasteiger partial charge in [0.25, 0.3) is 5.91 Å². The molecule has 1 amide bonds. The van der Waals surface area contributed by atoms with Crippen molar-refractivity contribution in [1.29, 1.82) is 0 Å². The molecule has 196 valence electrons. The number of halogens is 3. The third-order valence-electron chi connectivity index (χ3n) is 6.86. The lowest BCUT2D eigenvalue weighted by Crippen LogP contribution is -2.48. The topological polar surface area (TPSA) is 62.3 Å². The zero-order valence-electron chi connectivity index (χ0n) is 20.6. The predicted molar refractivity (Wildman–Crippen MR) is 134 cm³/mol. The fraction of sp³-hybridized carbons (Fsp3) is 0.500. The predicted octanol–water partition coefficient (Wildman–Crippen LogP) is 4.40. The van der Waals surface area contributed by atoms with Crippen molar-refractivity contribution in [3.8, 4) is 0 Å². The Kier molecular flexibility index (Phi) is 8.38. The zero-order chi connectivity index (χ0) is 25.7. The second-order valence-corrected chi connectivity index (χ2v) is 9.62. The molecule has 0 saturated carbocycles. The Hall–Kier alpha value is -2.82. The zero-order valence-corrected chi connectivity index (χ0v) is 20.6. The fourth-order valence-electron chi connectivity index (χ4n) is 4.66. The highest BCUT2D eigenvalue weighted by Gasteiger charge is 2.34. The van der Waals surface area contributed by atoms with E-state index in [1.807, 2.05) is 36.2 Å². The number of piperidine rings is 1. The van der Waals surface area contributed by atoms with E-state index in [0.717, 1.165) is 37.9 Å². The molecule has 0 atom stereocenters. The van der Waals surface area contributed by atoms with E-state index in [1.165, 1.54) is 31.4 Å². The number of nitrogens with zero attached hydrogens (tertiary/aromatic N) is 4. The van der Waals surface area contributed by atoms with Crippen LogP contribution in [0, 0.1) is 0 Å². The number of hydrogen-bond acceptors (Lipinski definition) is 6. The van der Waals surface area contributed by atoms with Gasteiger partial charge in [-0.2, -0.15) is 13.2 Å². The van der Waals surface area contributed by atoms with Gasteiger partial charge >= 0.3 is 6.18 Å². The first-order chi connectivity index (χ1) is 17.2. The summed E-state index contributed by atoms with van der Waals surface area (Å²) in [5, 5.41) is 13.7. The molecule has 36 heavy (non-hydrogen) atoms. The van der Waals surface area contributed by atoms with E-state index in [0.29, 0.717) is 23.8 Å². The van der Waals surface area contributed by atoms with Crippen LogP contribution in [0.5, 0.6) is 0 Å². The standard InChI is InChI=1S/C26H34F3N5O2/c1-31-13-15-32(16-14-31)19-25(35)34(36)18-20-5-6-22(17-24(20)26(27,28)29)30-21-7-9-23(10-8-21)33-11-3-2-4-12-33/h5-10,17,30,36H,2-4,11-16,18-19H2,1H3. The Morgan fingerprint density at radius 3 is 2.22 bits per heavy atom. The highest BCUT2D eigenvalue weighted by atomic mass is 19.4. The van der Waals surface area contributed by atoms with Crippen LogP contribution in [0.25, 0.3) is 0 Å². The van der Waals surface area contributed by atoms with Gasteiger partial charge in [-0.3, -0.25) is 14.9 Å². The highest BCUT2D eigenvalue weighted by Crippen LogP contribution is 2.35. The minimum atomic E-state index is -4.63. The molecule has 0 aliphatic carbocycles. The molecule has 2 saturated heterocycles. The largest absolute Gasteiger partial charge is 0.416 e. The summed E-state index contributed by atoms with van der Waals surface area (Å²) in [5.74, 6) is -0.622. The van der Waals surface area contributed by atoms with Crippen molar-refractivity contribution < 1.29 is 23.2 Å². The monoisotopic (exact) mass is 505 g/mol. The number of piperazine rings is 1. The van der Waals surface area contributed by atoms with Crippen molar-refractivity contribution in [2.75, 3.05) is 63.1 Å². The molecule has 0 bridgehead atoms. The molecule has 2 aliphatic heterocycles.